The number of nitrogens with one attached hydrogen (secondary N) is 1. The number of rotatable bonds is 5. The van der Waals surface area contributed by atoms with Crippen LogP contribution >= 0.6 is 0 Å². The van der Waals surface area contributed by atoms with Gasteiger partial charge in [0.2, 0.25) is 24.2 Å². The first-order chi connectivity index (χ1) is 16.0. The third kappa shape index (κ3) is 4.03. The van der Waals surface area contributed by atoms with Gasteiger partial charge in [0.15, 0.2) is 11.5 Å². The first kappa shape index (κ1) is 21.4. The van der Waals surface area contributed by atoms with Crippen LogP contribution in [-0.4, -0.2) is 44.1 Å². The van der Waals surface area contributed by atoms with E-state index in [1.807, 2.05) is 24.1 Å². The summed E-state index contributed by atoms with van der Waals surface area (Å²) in [5.41, 5.74) is 3.75. The Morgan fingerprint density at radius 1 is 1.12 bits per heavy atom. The van der Waals surface area contributed by atoms with E-state index in [0.29, 0.717) is 40.7 Å². The number of amides is 1. The second-order valence-electron chi connectivity index (χ2n) is 8.79. The van der Waals surface area contributed by atoms with Crippen LogP contribution in [0, 0.1) is 5.92 Å². The number of ketones is 1. The smallest absolute Gasteiger partial charge is 0.231 e. The number of hydrogen-bond donors (Lipinski definition) is 1. The number of ether oxygens (including phenoxy) is 3. The van der Waals surface area contributed by atoms with Crippen molar-refractivity contribution in [2.75, 3.05) is 32.8 Å². The minimum absolute atomic E-state index is 0.0696. The average Bonchev–Trinajstić information content (AvgIpc) is 3.50. The molecule has 0 aromatic heterocycles. The first-order valence-electron chi connectivity index (χ1n) is 11.4. The highest BCUT2D eigenvalue weighted by atomic mass is 16.7. The van der Waals surface area contributed by atoms with Crippen LogP contribution in [0.3, 0.4) is 0 Å². The molecule has 7 heteroatoms. The summed E-state index contributed by atoms with van der Waals surface area (Å²) < 4.78 is 16.8. The van der Waals surface area contributed by atoms with E-state index in [4.69, 9.17) is 14.2 Å². The molecule has 2 aliphatic heterocycles. The number of likely N-dealkylation sites (N-methyl/N-ethyl adjacent to an activating group) is 1. The van der Waals surface area contributed by atoms with Crippen molar-refractivity contribution in [3.05, 3.63) is 52.7 Å². The van der Waals surface area contributed by atoms with Crippen molar-refractivity contribution >= 4 is 23.5 Å². The van der Waals surface area contributed by atoms with Crippen molar-refractivity contribution in [2.24, 2.45) is 5.92 Å². The maximum Gasteiger partial charge on any atom is 0.231 e. The summed E-state index contributed by atoms with van der Waals surface area (Å²) in [5, 5.41) is 2.98. The number of methoxy groups -OCH3 is 1. The monoisotopic (exact) mass is 448 g/mol. The fourth-order valence-electron chi connectivity index (χ4n) is 4.82. The molecule has 7 nitrogen and oxygen atoms in total. The molecule has 0 atom stereocenters. The zero-order valence-electron chi connectivity index (χ0n) is 19.0. The van der Waals surface area contributed by atoms with Gasteiger partial charge in [0.05, 0.1) is 12.8 Å². The molecule has 2 aromatic carbocycles. The molecule has 0 spiro atoms. The summed E-state index contributed by atoms with van der Waals surface area (Å²) in [6.07, 6.45) is 6.76. The SMILES string of the molecule is COc1c2c(cc3c1OCO3)CCN(C)C(C(=O)c1ccc(NC(=O)C3CCCC3)cc1)=C2. The van der Waals surface area contributed by atoms with Crippen molar-refractivity contribution < 1.29 is 23.8 Å². The van der Waals surface area contributed by atoms with Gasteiger partial charge in [-0.2, -0.15) is 0 Å². The van der Waals surface area contributed by atoms with Gasteiger partial charge in [-0.3, -0.25) is 9.59 Å². The molecular formula is C26H28N2O5. The number of fused-ring (bicyclic) bond motifs is 2. The van der Waals surface area contributed by atoms with Gasteiger partial charge in [0, 0.05) is 36.3 Å². The van der Waals surface area contributed by atoms with Gasteiger partial charge in [-0.25, -0.2) is 0 Å². The van der Waals surface area contributed by atoms with Crippen LogP contribution in [0.5, 0.6) is 17.2 Å². The summed E-state index contributed by atoms with van der Waals surface area (Å²) >= 11 is 0. The van der Waals surface area contributed by atoms with Crippen molar-refractivity contribution in [2.45, 2.75) is 32.1 Å². The largest absolute Gasteiger partial charge is 0.492 e. The quantitative estimate of drug-likeness (QED) is 0.689. The van der Waals surface area contributed by atoms with Crippen LogP contribution in [0.1, 0.15) is 47.2 Å². The van der Waals surface area contributed by atoms with E-state index < -0.39 is 0 Å². The van der Waals surface area contributed by atoms with Gasteiger partial charge in [-0.1, -0.05) is 12.8 Å². The first-order valence-corrected chi connectivity index (χ1v) is 11.4. The lowest BCUT2D eigenvalue weighted by molar-refractivity contribution is -0.119. The summed E-state index contributed by atoms with van der Waals surface area (Å²) in [4.78, 5) is 27.8. The summed E-state index contributed by atoms with van der Waals surface area (Å²) in [6.45, 7) is 0.844. The van der Waals surface area contributed by atoms with E-state index in [1.165, 1.54) is 0 Å². The van der Waals surface area contributed by atoms with Crippen LogP contribution in [0.2, 0.25) is 0 Å². The maximum atomic E-state index is 13.5. The summed E-state index contributed by atoms with van der Waals surface area (Å²) in [5.74, 6) is 1.92. The fraction of sp³-hybridized carbons (Fsp3) is 0.385. The van der Waals surface area contributed by atoms with E-state index in [9.17, 15) is 9.59 Å². The van der Waals surface area contributed by atoms with Crippen LogP contribution < -0.4 is 19.5 Å². The molecule has 5 rings (SSSR count). The Balaban J connectivity index is 1.41. The lowest BCUT2D eigenvalue weighted by Crippen LogP contribution is -2.24. The molecule has 1 fully saturated rings. The molecule has 1 saturated carbocycles. The van der Waals surface area contributed by atoms with Crippen molar-refractivity contribution in [3.63, 3.8) is 0 Å². The molecule has 172 valence electrons. The second kappa shape index (κ2) is 8.81. The second-order valence-corrected chi connectivity index (χ2v) is 8.79. The lowest BCUT2D eigenvalue weighted by atomic mass is 10.0. The van der Waals surface area contributed by atoms with E-state index >= 15 is 0 Å². The minimum Gasteiger partial charge on any atom is -0.492 e. The molecule has 0 bridgehead atoms. The number of hydrogen-bond acceptors (Lipinski definition) is 6. The summed E-state index contributed by atoms with van der Waals surface area (Å²) in [7, 11) is 3.51. The predicted molar refractivity (Wildman–Crippen MR) is 125 cm³/mol. The Hall–Kier alpha value is -3.48. The molecule has 1 amide bonds. The number of anilines is 1. The summed E-state index contributed by atoms with van der Waals surface area (Å²) in [6, 6.07) is 9.10. The molecule has 0 saturated heterocycles. The predicted octanol–water partition coefficient (Wildman–Crippen LogP) is 4.26. The van der Waals surface area contributed by atoms with Crippen LogP contribution in [0.25, 0.3) is 6.08 Å². The average molecular weight is 449 g/mol. The molecule has 33 heavy (non-hydrogen) atoms. The van der Waals surface area contributed by atoms with Crippen LogP contribution in [0.15, 0.2) is 36.0 Å². The van der Waals surface area contributed by atoms with Gasteiger partial charge in [0.1, 0.15) is 0 Å². The number of benzene rings is 2. The van der Waals surface area contributed by atoms with Gasteiger partial charge in [0.25, 0.3) is 0 Å². The Labute approximate surface area is 193 Å². The third-order valence-corrected chi connectivity index (χ3v) is 6.73. The van der Waals surface area contributed by atoms with Crippen molar-refractivity contribution in [1.82, 2.24) is 4.90 Å². The van der Waals surface area contributed by atoms with E-state index in [-0.39, 0.29) is 24.4 Å². The van der Waals surface area contributed by atoms with E-state index in [0.717, 1.165) is 43.2 Å². The zero-order chi connectivity index (χ0) is 22.9. The highest BCUT2D eigenvalue weighted by Crippen LogP contribution is 2.46. The third-order valence-electron chi connectivity index (χ3n) is 6.73. The van der Waals surface area contributed by atoms with Gasteiger partial charge in [-0.15, -0.1) is 0 Å². The number of nitrogens with zero attached hydrogens (tertiary/aromatic N) is 1. The number of Topliss-reactive ketones (excluding diaryl/α,β-unsaturated/α-hetero) is 1. The Morgan fingerprint density at radius 2 is 1.88 bits per heavy atom. The molecule has 2 heterocycles. The number of allylic oxidation sites excluding steroid dienone is 1. The van der Waals surface area contributed by atoms with Crippen molar-refractivity contribution in [1.29, 1.82) is 0 Å². The normalized spacial score (nSPS) is 17.3. The Morgan fingerprint density at radius 3 is 2.61 bits per heavy atom. The van der Waals surface area contributed by atoms with Crippen molar-refractivity contribution in [3.8, 4) is 17.2 Å². The van der Waals surface area contributed by atoms with Gasteiger partial charge >= 0.3 is 0 Å². The zero-order valence-corrected chi connectivity index (χ0v) is 19.0. The number of carbonyl (C=O) groups is 2. The van der Waals surface area contributed by atoms with Gasteiger partial charge in [-0.05, 0) is 61.2 Å². The van der Waals surface area contributed by atoms with E-state index in [2.05, 4.69) is 5.32 Å². The molecule has 0 unspecified atom stereocenters. The standard InChI is InChI=1S/C26H28N2O5/c1-28-12-11-18-13-22-25(33-15-32-22)24(31-2)20(18)14-21(28)23(29)16-7-9-19(10-8-16)27-26(30)17-5-3-4-6-17/h7-10,13-14,17H,3-6,11-12,15H2,1-2H3,(H,27,30). The van der Waals surface area contributed by atoms with E-state index in [1.54, 1.807) is 31.4 Å². The lowest BCUT2D eigenvalue weighted by Gasteiger charge is -2.20. The molecule has 1 N–H and O–H groups in total. The molecule has 2 aromatic rings. The molecule has 1 aliphatic carbocycles. The maximum absolute atomic E-state index is 13.5. The number of carbonyl (C=O) groups excluding carboxylic acids is 2. The van der Waals surface area contributed by atoms with Crippen LogP contribution in [-0.2, 0) is 11.2 Å². The highest BCUT2D eigenvalue weighted by Gasteiger charge is 2.28. The Kier molecular flexibility index (Phi) is 5.70. The fourth-order valence-corrected chi connectivity index (χ4v) is 4.82. The molecule has 0 radical (unpaired) electrons. The minimum atomic E-state index is -0.0845. The Bertz CT molecular complexity index is 1120. The van der Waals surface area contributed by atoms with Gasteiger partial charge < -0.3 is 24.4 Å². The molecular weight excluding hydrogens is 420 g/mol. The van der Waals surface area contributed by atoms with Crippen LogP contribution in [0.4, 0.5) is 5.69 Å². The topological polar surface area (TPSA) is 77.1 Å². The molecule has 3 aliphatic rings. The highest BCUT2D eigenvalue weighted by molar-refractivity contribution is 6.11.